The van der Waals surface area contributed by atoms with Gasteiger partial charge in [0.15, 0.2) is 11.2 Å². The van der Waals surface area contributed by atoms with E-state index < -0.39 is 17.2 Å². The molecule has 4 rings (SSSR count). The molecule has 0 bridgehead atoms. The lowest BCUT2D eigenvalue weighted by atomic mass is 10.2. The third-order valence-corrected chi connectivity index (χ3v) is 4.40. The number of carbonyl (C=O) groups excluding carboxylic acids is 1. The molecule has 4 aromatic rings. The van der Waals surface area contributed by atoms with Crippen molar-refractivity contribution in [2.45, 2.75) is 13.1 Å². The van der Waals surface area contributed by atoms with Crippen molar-refractivity contribution in [3.63, 3.8) is 0 Å². The molecule has 29 heavy (non-hydrogen) atoms. The summed E-state index contributed by atoms with van der Waals surface area (Å²) >= 11 is 0. The molecule has 0 saturated carbocycles. The topological polar surface area (TPSA) is 63.7 Å². The van der Waals surface area contributed by atoms with E-state index in [0.29, 0.717) is 11.3 Å². The summed E-state index contributed by atoms with van der Waals surface area (Å²) in [5, 5.41) is 0.0534. The lowest BCUT2D eigenvalue weighted by molar-refractivity contribution is 0.0686. The number of furan rings is 1. The minimum Gasteiger partial charge on any atom is -0.467 e. The molecule has 5 nitrogen and oxygen atoms in total. The molecule has 0 aliphatic carbocycles. The Hall–Kier alpha value is -3.74. The summed E-state index contributed by atoms with van der Waals surface area (Å²) in [6.07, 6.45) is 1.49. The standard InChI is InChI=1S/C22H15F2NO4/c23-15-5-3-14(4-6-15)12-25(13-17-2-1-9-28-17)22(27)21-11-19(26)18-10-16(24)7-8-20(18)29-21/h1-11H,12-13H2. The van der Waals surface area contributed by atoms with Gasteiger partial charge in [0, 0.05) is 12.6 Å². The predicted molar refractivity (Wildman–Crippen MR) is 101 cm³/mol. The largest absolute Gasteiger partial charge is 0.467 e. The Morgan fingerprint density at radius 2 is 1.69 bits per heavy atom. The average Bonchev–Trinajstić information content (AvgIpc) is 3.22. The normalized spacial score (nSPS) is 11.0. The van der Waals surface area contributed by atoms with Gasteiger partial charge in [-0.1, -0.05) is 12.1 Å². The van der Waals surface area contributed by atoms with Crippen LogP contribution in [0.3, 0.4) is 0 Å². The first-order chi connectivity index (χ1) is 14.0. The van der Waals surface area contributed by atoms with Crippen molar-refractivity contribution in [2.24, 2.45) is 0 Å². The quantitative estimate of drug-likeness (QED) is 0.499. The van der Waals surface area contributed by atoms with Gasteiger partial charge < -0.3 is 13.7 Å². The molecule has 0 aliphatic heterocycles. The number of nitrogens with zero attached hydrogens (tertiary/aromatic N) is 1. The maximum absolute atomic E-state index is 13.4. The van der Waals surface area contributed by atoms with Gasteiger partial charge >= 0.3 is 0 Å². The Morgan fingerprint density at radius 1 is 0.931 bits per heavy atom. The molecule has 0 fully saturated rings. The first kappa shape index (κ1) is 18.6. The summed E-state index contributed by atoms with van der Waals surface area (Å²) in [4.78, 5) is 26.9. The number of rotatable bonds is 5. The van der Waals surface area contributed by atoms with Gasteiger partial charge in [-0.3, -0.25) is 9.59 Å². The van der Waals surface area contributed by atoms with Crippen molar-refractivity contribution in [3.05, 3.63) is 106 Å². The minimum absolute atomic E-state index is 0.0534. The van der Waals surface area contributed by atoms with Crippen molar-refractivity contribution in [3.8, 4) is 0 Å². The Kier molecular flexibility index (Phi) is 4.95. The highest BCUT2D eigenvalue weighted by Crippen LogP contribution is 2.18. The maximum atomic E-state index is 13.4. The predicted octanol–water partition coefficient (Wildman–Crippen LogP) is 4.51. The number of fused-ring (bicyclic) bond motifs is 1. The second kappa shape index (κ2) is 7.71. The molecular weight excluding hydrogens is 380 g/mol. The molecule has 0 unspecified atom stereocenters. The third-order valence-electron chi connectivity index (χ3n) is 4.40. The molecule has 0 N–H and O–H groups in total. The van der Waals surface area contributed by atoms with E-state index in [1.807, 2.05) is 0 Å². The maximum Gasteiger partial charge on any atom is 0.290 e. The van der Waals surface area contributed by atoms with Crippen LogP contribution in [0.5, 0.6) is 0 Å². The molecule has 0 saturated heterocycles. The van der Waals surface area contributed by atoms with Crippen LogP contribution in [-0.4, -0.2) is 10.8 Å². The smallest absolute Gasteiger partial charge is 0.290 e. The van der Waals surface area contributed by atoms with Gasteiger partial charge in [-0.05, 0) is 48.0 Å². The Balaban J connectivity index is 1.70. The summed E-state index contributed by atoms with van der Waals surface area (Å²) in [6, 6.07) is 13.7. The summed E-state index contributed by atoms with van der Waals surface area (Å²) < 4.78 is 37.5. The lowest BCUT2D eigenvalue weighted by Crippen LogP contribution is -2.30. The van der Waals surface area contributed by atoms with Crippen molar-refractivity contribution in [1.29, 1.82) is 0 Å². The zero-order chi connectivity index (χ0) is 20.4. The fraction of sp³-hybridized carbons (Fsp3) is 0.0909. The Labute approximate surface area is 163 Å². The molecule has 2 aromatic heterocycles. The number of carbonyl (C=O) groups is 1. The fourth-order valence-corrected chi connectivity index (χ4v) is 2.99. The lowest BCUT2D eigenvalue weighted by Gasteiger charge is -2.21. The van der Waals surface area contributed by atoms with Crippen LogP contribution >= 0.6 is 0 Å². The monoisotopic (exact) mass is 395 g/mol. The number of benzene rings is 2. The number of hydrogen-bond acceptors (Lipinski definition) is 4. The highest BCUT2D eigenvalue weighted by Gasteiger charge is 2.21. The van der Waals surface area contributed by atoms with Crippen LogP contribution in [-0.2, 0) is 13.1 Å². The summed E-state index contributed by atoms with van der Waals surface area (Å²) in [5.74, 6) is -1.15. The fourth-order valence-electron chi connectivity index (χ4n) is 2.99. The van der Waals surface area contributed by atoms with Crippen LogP contribution in [0, 0.1) is 11.6 Å². The van der Waals surface area contributed by atoms with Gasteiger partial charge in [0.2, 0.25) is 0 Å². The van der Waals surface area contributed by atoms with Crippen LogP contribution in [0.1, 0.15) is 21.9 Å². The van der Waals surface area contributed by atoms with Crippen molar-refractivity contribution in [2.75, 3.05) is 0 Å². The minimum atomic E-state index is -0.570. The summed E-state index contributed by atoms with van der Waals surface area (Å²) in [7, 11) is 0. The third kappa shape index (κ3) is 4.08. The van der Waals surface area contributed by atoms with Crippen molar-refractivity contribution >= 4 is 16.9 Å². The zero-order valence-corrected chi connectivity index (χ0v) is 15.1. The molecule has 0 radical (unpaired) electrons. The van der Waals surface area contributed by atoms with E-state index in [1.54, 1.807) is 24.3 Å². The van der Waals surface area contributed by atoms with Gasteiger partial charge in [0.05, 0.1) is 18.2 Å². The van der Waals surface area contributed by atoms with Crippen LogP contribution < -0.4 is 5.43 Å². The van der Waals surface area contributed by atoms with Crippen molar-refractivity contribution in [1.82, 2.24) is 4.90 Å². The number of amides is 1. The van der Waals surface area contributed by atoms with E-state index in [-0.39, 0.29) is 35.6 Å². The van der Waals surface area contributed by atoms with E-state index in [0.717, 1.165) is 18.2 Å². The zero-order valence-electron chi connectivity index (χ0n) is 15.1. The first-order valence-corrected chi connectivity index (χ1v) is 8.79. The molecule has 0 spiro atoms. The van der Waals surface area contributed by atoms with Crippen LogP contribution in [0.4, 0.5) is 8.78 Å². The molecule has 0 atom stereocenters. The van der Waals surface area contributed by atoms with Crippen LogP contribution in [0.15, 0.2) is 80.6 Å². The molecule has 146 valence electrons. The number of halogens is 2. The Morgan fingerprint density at radius 3 is 2.41 bits per heavy atom. The highest BCUT2D eigenvalue weighted by atomic mass is 19.1. The van der Waals surface area contributed by atoms with Crippen LogP contribution in [0.2, 0.25) is 0 Å². The van der Waals surface area contributed by atoms with Gasteiger partial charge in [0.1, 0.15) is 23.0 Å². The summed E-state index contributed by atoms with van der Waals surface area (Å²) in [5.41, 5.74) is 0.285. The number of hydrogen-bond donors (Lipinski definition) is 0. The van der Waals surface area contributed by atoms with E-state index in [1.165, 1.54) is 29.4 Å². The highest BCUT2D eigenvalue weighted by molar-refractivity contribution is 5.93. The van der Waals surface area contributed by atoms with Gasteiger partial charge in [-0.15, -0.1) is 0 Å². The van der Waals surface area contributed by atoms with Gasteiger partial charge in [0.25, 0.3) is 5.91 Å². The summed E-state index contributed by atoms with van der Waals surface area (Å²) in [6.45, 7) is 0.263. The van der Waals surface area contributed by atoms with E-state index in [4.69, 9.17) is 8.83 Å². The molecule has 2 heterocycles. The van der Waals surface area contributed by atoms with Crippen molar-refractivity contribution < 1.29 is 22.4 Å². The SMILES string of the molecule is O=C(c1cc(=O)c2cc(F)ccc2o1)N(Cc1ccc(F)cc1)Cc1ccco1. The molecular formula is C22H15F2NO4. The second-order valence-corrected chi connectivity index (χ2v) is 6.48. The van der Waals surface area contributed by atoms with E-state index >= 15 is 0 Å². The molecule has 0 aliphatic rings. The first-order valence-electron chi connectivity index (χ1n) is 8.79. The second-order valence-electron chi connectivity index (χ2n) is 6.48. The van der Waals surface area contributed by atoms with Crippen LogP contribution in [0.25, 0.3) is 11.0 Å². The molecule has 2 aromatic carbocycles. The van der Waals surface area contributed by atoms with E-state index in [9.17, 15) is 18.4 Å². The van der Waals surface area contributed by atoms with E-state index in [2.05, 4.69) is 0 Å². The Bertz CT molecular complexity index is 1210. The molecule has 1 amide bonds. The average molecular weight is 395 g/mol. The van der Waals surface area contributed by atoms with Gasteiger partial charge in [-0.25, -0.2) is 8.78 Å². The van der Waals surface area contributed by atoms with Gasteiger partial charge in [-0.2, -0.15) is 0 Å². The molecule has 7 heteroatoms.